The van der Waals surface area contributed by atoms with Crippen molar-refractivity contribution in [3.8, 4) is 0 Å². The van der Waals surface area contributed by atoms with Crippen molar-refractivity contribution >= 4 is 0 Å². The summed E-state index contributed by atoms with van der Waals surface area (Å²) in [6.45, 7) is 17.1. The van der Waals surface area contributed by atoms with Gasteiger partial charge in [-0.2, -0.15) is 0 Å². The number of unbranched alkanes of at least 4 members (excludes halogenated alkanes) is 18. The Hall–Kier alpha value is -1.20. The highest BCUT2D eigenvalue weighted by Gasteiger charge is 2.47. The molecule has 2 unspecified atom stereocenters. The first-order chi connectivity index (χ1) is 26.5. The third kappa shape index (κ3) is 28.0. The highest BCUT2D eigenvalue weighted by atomic mass is 16.9. The van der Waals surface area contributed by atoms with Crippen LogP contribution in [0.5, 0.6) is 0 Å². The normalized spacial score (nSPS) is 18.6. The first-order valence-corrected chi connectivity index (χ1v) is 23.7. The number of nitrogens with zero attached hydrogens (tertiary/aromatic N) is 1. The second kappa shape index (κ2) is 32.7. The van der Waals surface area contributed by atoms with Crippen molar-refractivity contribution in [3.63, 3.8) is 0 Å². The fourth-order valence-corrected chi connectivity index (χ4v) is 7.82. The molecule has 0 bridgehead atoms. The fourth-order valence-electron chi connectivity index (χ4n) is 7.82. The molecule has 2 atom stereocenters. The Morgan fingerprint density at radius 3 is 1.42 bits per heavy atom. The second-order valence-electron chi connectivity index (χ2n) is 18.6. The third-order valence-corrected chi connectivity index (χ3v) is 12.0. The summed E-state index contributed by atoms with van der Waals surface area (Å²) in [5.41, 5.74) is 0.0675. The van der Waals surface area contributed by atoms with Crippen LogP contribution in [-0.4, -0.2) is 49.8 Å². The average Bonchev–Trinajstić information content (AvgIpc) is 3.55. The molecular weight excluding hydrogens is 675 g/mol. The zero-order valence-corrected chi connectivity index (χ0v) is 38.5. The molecule has 1 aliphatic rings. The minimum Gasteiger partial charge on any atom is -0.327 e. The van der Waals surface area contributed by atoms with Crippen molar-refractivity contribution in [2.24, 2.45) is 11.3 Å². The van der Waals surface area contributed by atoms with E-state index in [2.05, 4.69) is 109 Å². The van der Waals surface area contributed by atoms with Crippen LogP contribution in [0.1, 0.15) is 222 Å². The first-order valence-electron chi connectivity index (χ1n) is 23.7. The van der Waals surface area contributed by atoms with Crippen LogP contribution in [0.2, 0.25) is 0 Å². The zero-order valence-electron chi connectivity index (χ0n) is 38.5. The molecule has 0 spiro atoms. The summed E-state index contributed by atoms with van der Waals surface area (Å²) in [6, 6.07) is 0. The van der Waals surface area contributed by atoms with Gasteiger partial charge in [-0.25, -0.2) is 0 Å². The van der Waals surface area contributed by atoms with Gasteiger partial charge >= 0.3 is 0 Å². The van der Waals surface area contributed by atoms with E-state index in [4.69, 9.17) is 14.2 Å². The molecule has 0 N–H and O–H groups in total. The molecule has 0 amide bonds. The Kier molecular flexibility index (Phi) is 30.8. The van der Waals surface area contributed by atoms with Crippen LogP contribution >= 0.6 is 0 Å². The van der Waals surface area contributed by atoms with Gasteiger partial charge in [0.15, 0.2) is 0 Å². The predicted molar refractivity (Wildman–Crippen MR) is 243 cm³/mol. The average molecular weight is 770 g/mol. The predicted octanol–water partition coefficient (Wildman–Crippen LogP) is 15.9. The van der Waals surface area contributed by atoms with Crippen LogP contribution in [0.4, 0.5) is 0 Å². The van der Waals surface area contributed by atoms with E-state index < -0.39 is 5.97 Å². The summed E-state index contributed by atoms with van der Waals surface area (Å²) >= 11 is 0. The minimum atomic E-state index is -0.943. The summed E-state index contributed by atoms with van der Waals surface area (Å²) < 4.78 is 19.4. The van der Waals surface area contributed by atoms with Crippen molar-refractivity contribution in [1.82, 2.24) is 4.90 Å². The van der Waals surface area contributed by atoms with E-state index in [1.807, 2.05) is 6.92 Å². The van der Waals surface area contributed by atoms with Gasteiger partial charge in [-0.05, 0) is 123 Å². The summed E-state index contributed by atoms with van der Waals surface area (Å²) in [4.78, 5) is 2.31. The summed E-state index contributed by atoms with van der Waals surface area (Å²) in [6.07, 6.45) is 53.6. The maximum Gasteiger partial charge on any atom is 0.280 e. The smallest absolute Gasteiger partial charge is 0.280 e. The Bertz CT molecular complexity index is 946. The molecule has 1 rings (SSSR count). The lowest BCUT2D eigenvalue weighted by Crippen LogP contribution is -2.46. The van der Waals surface area contributed by atoms with Crippen molar-refractivity contribution in [2.45, 2.75) is 239 Å². The van der Waals surface area contributed by atoms with Crippen LogP contribution < -0.4 is 0 Å². The number of allylic oxidation sites excluding steroid dienone is 8. The highest BCUT2D eigenvalue weighted by Crippen LogP contribution is 2.41. The van der Waals surface area contributed by atoms with Crippen molar-refractivity contribution in [1.29, 1.82) is 0 Å². The van der Waals surface area contributed by atoms with E-state index in [1.165, 1.54) is 154 Å². The maximum atomic E-state index is 6.58. The Morgan fingerprint density at radius 2 is 1.00 bits per heavy atom. The lowest BCUT2D eigenvalue weighted by molar-refractivity contribution is -0.333. The Morgan fingerprint density at radius 1 is 0.600 bits per heavy atom. The summed E-state index contributed by atoms with van der Waals surface area (Å²) in [7, 11) is 4.33. The summed E-state index contributed by atoms with van der Waals surface area (Å²) in [5.74, 6) is -0.373. The Labute approximate surface area is 344 Å². The molecule has 322 valence electrons. The van der Waals surface area contributed by atoms with Crippen molar-refractivity contribution < 1.29 is 14.2 Å². The van der Waals surface area contributed by atoms with Crippen LogP contribution in [0.15, 0.2) is 48.6 Å². The van der Waals surface area contributed by atoms with E-state index in [0.29, 0.717) is 12.5 Å². The monoisotopic (exact) mass is 770 g/mol. The largest absolute Gasteiger partial charge is 0.327 e. The van der Waals surface area contributed by atoms with E-state index in [1.54, 1.807) is 0 Å². The van der Waals surface area contributed by atoms with Gasteiger partial charge in [0.1, 0.15) is 0 Å². The standard InChI is InChI=1S/C51H95NO3/c1-10-12-14-16-18-20-22-24-26-28-30-32-34-36-38-40-42-47(43-41-39-37-35-33-31-29-27-25-23-21-19-17-15-13-11-2)44-53-51(7)54-45-48(55-51)49(3,4)46-50(5,6)52(8)9/h18-21,24-27,47-48H,10-17,22-23,28-46H2,1-9H3/b20-18-,21-19-,26-24-,27-25-. The lowest BCUT2D eigenvalue weighted by atomic mass is 9.75. The van der Waals surface area contributed by atoms with Crippen molar-refractivity contribution in [3.05, 3.63) is 48.6 Å². The van der Waals surface area contributed by atoms with Gasteiger partial charge in [0.25, 0.3) is 5.97 Å². The van der Waals surface area contributed by atoms with E-state index in [-0.39, 0.29) is 17.1 Å². The first kappa shape index (κ1) is 51.8. The third-order valence-electron chi connectivity index (χ3n) is 12.0. The van der Waals surface area contributed by atoms with Crippen molar-refractivity contribution in [2.75, 3.05) is 27.3 Å². The molecule has 1 fully saturated rings. The topological polar surface area (TPSA) is 30.9 Å². The molecule has 0 radical (unpaired) electrons. The molecule has 55 heavy (non-hydrogen) atoms. The number of hydrogen-bond donors (Lipinski definition) is 0. The quantitative estimate of drug-likeness (QED) is 0.0465. The fraction of sp³-hybridized carbons (Fsp3) is 0.843. The maximum absolute atomic E-state index is 6.58. The molecule has 1 aliphatic heterocycles. The minimum absolute atomic E-state index is 0.0172. The number of rotatable bonds is 37. The highest BCUT2D eigenvalue weighted by molar-refractivity contribution is 4.94. The molecule has 4 heteroatoms. The van der Waals surface area contributed by atoms with Gasteiger partial charge in [-0.1, -0.05) is 166 Å². The molecule has 1 heterocycles. The van der Waals surface area contributed by atoms with Gasteiger partial charge in [0, 0.05) is 12.5 Å². The number of hydrogen-bond acceptors (Lipinski definition) is 4. The van der Waals surface area contributed by atoms with Crippen LogP contribution in [0, 0.1) is 11.3 Å². The molecule has 0 aromatic carbocycles. The second-order valence-corrected chi connectivity index (χ2v) is 18.6. The van der Waals surface area contributed by atoms with Gasteiger partial charge in [0.2, 0.25) is 0 Å². The van der Waals surface area contributed by atoms with Crippen LogP contribution in [0.25, 0.3) is 0 Å². The van der Waals surface area contributed by atoms with E-state index in [0.717, 1.165) is 25.9 Å². The Balaban J connectivity index is 2.42. The molecule has 4 nitrogen and oxygen atoms in total. The van der Waals surface area contributed by atoms with E-state index >= 15 is 0 Å². The van der Waals surface area contributed by atoms with Crippen LogP contribution in [-0.2, 0) is 14.2 Å². The molecule has 1 saturated heterocycles. The molecular formula is C51H95NO3. The molecule has 0 saturated carbocycles. The zero-order chi connectivity index (χ0) is 40.5. The van der Waals surface area contributed by atoms with Gasteiger partial charge in [0.05, 0.1) is 19.3 Å². The van der Waals surface area contributed by atoms with E-state index in [9.17, 15) is 0 Å². The number of ether oxygens (including phenoxy) is 3. The SMILES string of the molecule is CCCCC/C=C\C/C=C\CCCCCCCCC(CCCCCCCC/C=C\C/C=C\CCCCC)COC1(C)OCC(C(C)(C)CC(C)(C)N(C)C)O1. The van der Waals surface area contributed by atoms with Gasteiger partial charge in [-0.15, -0.1) is 0 Å². The molecule has 0 aromatic rings. The molecule has 0 aromatic heterocycles. The van der Waals surface area contributed by atoms with Crippen LogP contribution in [0.3, 0.4) is 0 Å². The molecule has 0 aliphatic carbocycles. The summed E-state index contributed by atoms with van der Waals surface area (Å²) in [5, 5.41) is 0. The van der Waals surface area contributed by atoms with Gasteiger partial charge < -0.3 is 19.1 Å². The van der Waals surface area contributed by atoms with Gasteiger partial charge in [-0.3, -0.25) is 0 Å². The lowest BCUT2D eigenvalue weighted by Gasteiger charge is -2.42.